The van der Waals surface area contributed by atoms with Crippen molar-refractivity contribution in [3.05, 3.63) is 24.3 Å². The Labute approximate surface area is 153 Å². The molecule has 142 valence electrons. The highest BCUT2D eigenvalue weighted by molar-refractivity contribution is 6.09. The van der Waals surface area contributed by atoms with Crippen LogP contribution < -0.4 is 20.9 Å². The number of rotatable bonds is 8. The van der Waals surface area contributed by atoms with E-state index in [4.69, 9.17) is 4.74 Å². The van der Waals surface area contributed by atoms with E-state index in [1.54, 1.807) is 24.3 Å². The number of carbonyl (C=O) groups excluding carboxylic acids is 3. The van der Waals surface area contributed by atoms with E-state index in [0.717, 1.165) is 6.42 Å². The standard InChI is InChI=1S/C18H26N4O4/c1-13(2)26-11-5-9-19-16(23)8-10-20-18(25)22-12-17(24)21-14-6-3-4-7-15(14)22/h3-4,6-7,13H,5,8-12H2,1-2H3,(H,19,23)(H,20,25)(H,21,24). The average molecular weight is 362 g/mol. The van der Waals surface area contributed by atoms with Gasteiger partial charge in [0.15, 0.2) is 0 Å². The Hall–Kier alpha value is -2.61. The first-order valence-corrected chi connectivity index (χ1v) is 8.80. The predicted octanol–water partition coefficient (Wildman–Crippen LogP) is 1.48. The second-order valence-corrected chi connectivity index (χ2v) is 6.26. The van der Waals surface area contributed by atoms with Crippen LogP contribution in [0.3, 0.4) is 0 Å². The second kappa shape index (κ2) is 9.76. The van der Waals surface area contributed by atoms with Crippen LogP contribution in [-0.2, 0) is 14.3 Å². The molecule has 0 unspecified atom stereocenters. The summed E-state index contributed by atoms with van der Waals surface area (Å²) in [6.45, 7) is 5.22. The van der Waals surface area contributed by atoms with Crippen LogP contribution in [0.1, 0.15) is 26.7 Å². The lowest BCUT2D eigenvalue weighted by Crippen LogP contribution is -2.47. The summed E-state index contributed by atoms with van der Waals surface area (Å²) in [5.41, 5.74) is 1.24. The highest BCUT2D eigenvalue weighted by atomic mass is 16.5. The summed E-state index contributed by atoms with van der Waals surface area (Å²) in [5, 5.41) is 8.19. The Morgan fingerprint density at radius 2 is 2.00 bits per heavy atom. The van der Waals surface area contributed by atoms with Crippen LogP contribution in [0, 0.1) is 0 Å². The van der Waals surface area contributed by atoms with Crippen LogP contribution in [0.2, 0.25) is 0 Å². The molecule has 8 heteroatoms. The number of hydrogen-bond donors (Lipinski definition) is 3. The summed E-state index contributed by atoms with van der Waals surface area (Å²) in [4.78, 5) is 37.2. The van der Waals surface area contributed by atoms with Crippen molar-refractivity contribution in [2.45, 2.75) is 32.8 Å². The fourth-order valence-corrected chi connectivity index (χ4v) is 2.50. The van der Waals surface area contributed by atoms with E-state index in [-0.39, 0.29) is 37.4 Å². The zero-order valence-corrected chi connectivity index (χ0v) is 15.2. The summed E-state index contributed by atoms with van der Waals surface area (Å²) in [7, 11) is 0. The summed E-state index contributed by atoms with van der Waals surface area (Å²) >= 11 is 0. The number of nitrogens with zero attached hydrogens (tertiary/aromatic N) is 1. The molecule has 1 aromatic rings. The van der Waals surface area contributed by atoms with Crippen molar-refractivity contribution >= 4 is 29.2 Å². The number of carbonyl (C=O) groups is 3. The van der Waals surface area contributed by atoms with Gasteiger partial charge < -0.3 is 20.7 Å². The topological polar surface area (TPSA) is 99.8 Å². The lowest BCUT2D eigenvalue weighted by Gasteiger charge is -2.29. The number of amides is 4. The van der Waals surface area contributed by atoms with Gasteiger partial charge in [-0.15, -0.1) is 0 Å². The Kier molecular flexibility index (Phi) is 7.40. The fourth-order valence-electron chi connectivity index (χ4n) is 2.50. The minimum atomic E-state index is -0.398. The van der Waals surface area contributed by atoms with Crippen LogP contribution in [0.15, 0.2) is 24.3 Å². The quantitative estimate of drug-likeness (QED) is 0.610. The van der Waals surface area contributed by atoms with Gasteiger partial charge in [-0.25, -0.2) is 4.79 Å². The van der Waals surface area contributed by atoms with Crippen molar-refractivity contribution in [3.63, 3.8) is 0 Å². The molecule has 0 radical (unpaired) electrons. The number of urea groups is 1. The van der Waals surface area contributed by atoms with Gasteiger partial charge in [0.1, 0.15) is 6.54 Å². The van der Waals surface area contributed by atoms with E-state index in [0.29, 0.717) is 24.5 Å². The summed E-state index contributed by atoms with van der Waals surface area (Å²) < 4.78 is 5.39. The molecular formula is C18H26N4O4. The van der Waals surface area contributed by atoms with Gasteiger partial charge in [-0.1, -0.05) is 12.1 Å². The number of ether oxygens (including phenoxy) is 1. The lowest BCUT2D eigenvalue weighted by molar-refractivity contribution is -0.121. The zero-order chi connectivity index (χ0) is 18.9. The number of nitrogens with one attached hydrogen (secondary N) is 3. The third-order valence-electron chi connectivity index (χ3n) is 3.74. The fraction of sp³-hybridized carbons (Fsp3) is 0.500. The maximum Gasteiger partial charge on any atom is 0.322 e. The van der Waals surface area contributed by atoms with E-state index in [1.165, 1.54) is 4.90 Å². The minimum Gasteiger partial charge on any atom is -0.379 e. The Morgan fingerprint density at radius 3 is 2.77 bits per heavy atom. The van der Waals surface area contributed by atoms with Gasteiger partial charge in [-0.3, -0.25) is 14.5 Å². The lowest BCUT2D eigenvalue weighted by atomic mass is 10.2. The Bertz CT molecular complexity index is 648. The second-order valence-electron chi connectivity index (χ2n) is 6.26. The average Bonchev–Trinajstić information content (AvgIpc) is 2.60. The van der Waals surface area contributed by atoms with Crippen molar-refractivity contribution in [2.24, 2.45) is 0 Å². The number of benzene rings is 1. The monoisotopic (exact) mass is 362 g/mol. The molecule has 0 fully saturated rings. The zero-order valence-electron chi connectivity index (χ0n) is 15.2. The maximum atomic E-state index is 12.3. The molecular weight excluding hydrogens is 336 g/mol. The molecule has 0 aliphatic carbocycles. The Morgan fingerprint density at radius 1 is 1.23 bits per heavy atom. The minimum absolute atomic E-state index is 0.0507. The van der Waals surface area contributed by atoms with E-state index < -0.39 is 6.03 Å². The van der Waals surface area contributed by atoms with Crippen molar-refractivity contribution in [3.8, 4) is 0 Å². The summed E-state index contributed by atoms with van der Waals surface area (Å²) in [6, 6.07) is 6.69. The van der Waals surface area contributed by atoms with Gasteiger partial charge in [0, 0.05) is 26.1 Å². The molecule has 0 aromatic heterocycles. The number of anilines is 2. The van der Waals surface area contributed by atoms with Gasteiger partial charge in [0.05, 0.1) is 17.5 Å². The molecule has 26 heavy (non-hydrogen) atoms. The highest BCUT2D eigenvalue weighted by Gasteiger charge is 2.26. The van der Waals surface area contributed by atoms with Crippen LogP contribution in [0.4, 0.5) is 16.2 Å². The van der Waals surface area contributed by atoms with E-state index in [9.17, 15) is 14.4 Å². The molecule has 0 bridgehead atoms. The SMILES string of the molecule is CC(C)OCCCNC(=O)CCNC(=O)N1CC(=O)Nc2ccccc21. The van der Waals surface area contributed by atoms with Gasteiger partial charge in [-0.2, -0.15) is 0 Å². The number of fused-ring (bicyclic) bond motifs is 1. The van der Waals surface area contributed by atoms with Gasteiger partial charge in [0.2, 0.25) is 11.8 Å². The first-order chi connectivity index (χ1) is 12.5. The molecule has 8 nitrogen and oxygen atoms in total. The molecule has 0 saturated carbocycles. The Balaban J connectivity index is 1.70. The molecule has 3 N–H and O–H groups in total. The van der Waals surface area contributed by atoms with Crippen LogP contribution >= 0.6 is 0 Å². The normalized spacial score (nSPS) is 13.2. The van der Waals surface area contributed by atoms with Crippen molar-refractivity contribution in [1.82, 2.24) is 10.6 Å². The largest absolute Gasteiger partial charge is 0.379 e. The highest BCUT2D eigenvalue weighted by Crippen LogP contribution is 2.28. The van der Waals surface area contributed by atoms with Gasteiger partial charge in [0.25, 0.3) is 0 Å². The molecule has 0 saturated heterocycles. The first-order valence-electron chi connectivity index (χ1n) is 8.80. The molecule has 1 aliphatic heterocycles. The number of para-hydroxylation sites is 2. The molecule has 0 atom stereocenters. The van der Waals surface area contributed by atoms with Crippen molar-refractivity contribution in [2.75, 3.05) is 36.5 Å². The van der Waals surface area contributed by atoms with Crippen LogP contribution in [0.25, 0.3) is 0 Å². The van der Waals surface area contributed by atoms with Gasteiger partial charge in [-0.05, 0) is 32.4 Å². The molecule has 2 rings (SSSR count). The smallest absolute Gasteiger partial charge is 0.322 e. The van der Waals surface area contributed by atoms with Gasteiger partial charge >= 0.3 is 6.03 Å². The summed E-state index contributed by atoms with van der Waals surface area (Å²) in [5.74, 6) is -0.383. The molecule has 1 aliphatic rings. The molecule has 0 spiro atoms. The third kappa shape index (κ3) is 6.03. The molecule has 4 amide bonds. The predicted molar refractivity (Wildman–Crippen MR) is 99.1 cm³/mol. The molecule has 1 heterocycles. The van der Waals surface area contributed by atoms with Crippen molar-refractivity contribution < 1.29 is 19.1 Å². The van der Waals surface area contributed by atoms with Crippen molar-refractivity contribution in [1.29, 1.82) is 0 Å². The maximum absolute atomic E-state index is 12.3. The van der Waals surface area contributed by atoms with E-state index in [2.05, 4.69) is 16.0 Å². The number of hydrogen-bond acceptors (Lipinski definition) is 4. The first kappa shape index (κ1) is 19.7. The van der Waals surface area contributed by atoms with Crippen LogP contribution in [-0.4, -0.2) is 50.2 Å². The third-order valence-corrected chi connectivity index (χ3v) is 3.74. The summed E-state index contributed by atoms with van der Waals surface area (Å²) in [6.07, 6.45) is 1.11. The van der Waals surface area contributed by atoms with Crippen LogP contribution in [0.5, 0.6) is 0 Å². The van der Waals surface area contributed by atoms with E-state index in [1.807, 2.05) is 13.8 Å². The molecule has 1 aromatic carbocycles. The van der Waals surface area contributed by atoms with E-state index >= 15 is 0 Å².